The highest BCUT2D eigenvalue weighted by atomic mass is 16.5. The van der Waals surface area contributed by atoms with Crippen molar-refractivity contribution in [3.63, 3.8) is 0 Å². The average molecular weight is 567 g/mol. The van der Waals surface area contributed by atoms with E-state index in [4.69, 9.17) is 4.74 Å². The van der Waals surface area contributed by atoms with Gasteiger partial charge in [0.15, 0.2) is 0 Å². The minimum Gasteiger partial charge on any atom is -0.457 e. The lowest BCUT2D eigenvalue weighted by Crippen LogP contribution is -2.28. The number of imidazole rings is 1. The quantitative estimate of drug-likeness (QED) is 0.218. The van der Waals surface area contributed by atoms with Crippen LogP contribution in [0.5, 0.6) is 11.5 Å². The van der Waals surface area contributed by atoms with E-state index in [2.05, 4.69) is 25.9 Å². The summed E-state index contributed by atoms with van der Waals surface area (Å²) in [7, 11) is 0. The van der Waals surface area contributed by atoms with Gasteiger partial charge in [-0.2, -0.15) is 0 Å². The van der Waals surface area contributed by atoms with Crippen molar-refractivity contribution >= 4 is 23.5 Å². The van der Waals surface area contributed by atoms with E-state index in [0.29, 0.717) is 55.2 Å². The zero-order chi connectivity index (χ0) is 29.6. The van der Waals surface area contributed by atoms with Gasteiger partial charge < -0.3 is 30.6 Å². The fourth-order valence-electron chi connectivity index (χ4n) is 4.77. The van der Waals surface area contributed by atoms with Crippen molar-refractivity contribution in [2.45, 2.75) is 33.7 Å². The van der Waals surface area contributed by atoms with Crippen LogP contribution in [0, 0.1) is 20.8 Å². The lowest BCUT2D eigenvalue weighted by Gasteiger charge is -2.18. The number of ether oxygens (including phenoxy) is 1. The van der Waals surface area contributed by atoms with Crippen LogP contribution >= 0.6 is 0 Å². The first kappa shape index (κ1) is 28.4. The molecule has 3 aromatic carbocycles. The number of hydrogen-bond donors (Lipinski definition) is 4. The first-order valence-electron chi connectivity index (χ1n) is 13.9. The molecule has 0 spiro atoms. The second-order valence-electron chi connectivity index (χ2n) is 10.4. The van der Waals surface area contributed by atoms with E-state index in [1.54, 1.807) is 53.7 Å². The summed E-state index contributed by atoms with van der Waals surface area (Å²) in [5.41, 5.74) is 6.43. The molecule has 0 unspecified atom stereocenters. The molecule has 0 radical (unpaired) electrons. The zero-order valence-corrected chi connectivity index (χ0v) is 23.9. The van der Waals surface area contributed by atoms with Crippen molar-refractivity contribution in [3.8, 4) is 11.5 Å². The maximum atomic E-state index is 13.0. The molecule has 0 aliphatic carbocycles. The number of amides is 4. The number of carbonyl (C=O) groups excluding carboxylic acids is 3. The van der Waals surface area contributed by atoms with Gasteiger partial charge in [-0.25, -0.2) is 9.78 Å². The Morgan fingerprint density at radius 1 is 0.976 bits per heavy atom. The monoisotopic (exact) mass is 566 g/mol. The molecule has 2 heterocycles. The molecule has 1 aromatic heterocycles. The van der Waals surface area contributed by atoms with Crippen LogP contribution in [0.4, 0.5) is 10.5 Å². The largest absolute Gasteiger partial charge is 0.457 e. The van der Waals surface area contributed by atoms with E-state index in [-0.39, 0.29) is 17.8 Å². The normalized spacial score (nSPS) is 12.6. The third-order valence-electron chi connectivity index (χ3n) is 7.19. The number of nitrogens with one attached hydrogen (secondary N) is 4. The molecule has 1 saturated heterocycles. The third kappa shape index (κ3) is 6.77. The van der Waals surface area contributed by atoms with Crippen LogP contribution in [0.2, 0.25) is 0 Å². The van der Waals surface area contributed by atoms with Crippen LogP contribution in [-0.2, 0) is 13.0 Å². The number of anilines is 1. The predicted molar refractivity (Wildman–Crippen MR) is 160 cm³/mol. The summed E-state index contributed by atoms with van der Waals surface area (Å²) in [5.74, 6) is 0.490. The van der Waals surface area contributed by atoms with Gasteiger partial charge in [0.1, 0.15) is 11.5 Å². The number of aromatic nitrogens is 2. The van der Waals surface area contributed by atoms with Crippen LogP contribution in [0.3, 0.4) is 0 Å². The van der Waals surface area contributed by atoms with Gasteiger partial charge in [-0.05, 0) is 68.8 Å². The van der Waals surface area contributed by atoms with Crippen LogP contribution in [0.25, 0.3) is 0 Å². The number of H-pyrrole nitrogens is 1. The smallest absolute Gasteiger partial charge is 0.317 e. The standard InChI is InChI=1S/C32H34N6O4/c1-20-4-11-27(21(2)16-20)37-31(40)23-7-9-26(10-8-23)42-29-17-24(5-6-25(29)18-38-15-14-34-32(38)41)30(39)33-13-12-28-22(3)35-19-36-28/h4-11,16-17,19H,12-15,18H2,1-3H3,(H,33,39)(H,34,41)(H,35,36)(H,37,40). The molecule has 4 amide bonds. The maximum absolute atomic E-state index is 13.0. The first-order chi connectivity index (χ1) is 20.3. The Morgan fingerprint density at radius 2 is 1.76 bits per heavy atom. The Kier molecular flexibility index (Phi) is 8.52. The van der Waals surface area contributed by atoms with E-state index in [1.165, 1.54) is 0 Å². The fraction of sp³-hybridized carbons (Fsp3) is 0.250. The summed E-state index contributed by atoms with van der Waals surface area (Å²) in [6.07, 6.45) is 2.25. The summed E-state index contributed by atoms with van der Waals surface area (Å²) in [6, 6.07) is 17.7. The molecule has 216 valence electrons. The minimum atomic E-state index is -0.239. The van der Waals surface area contributed by atoms with E-state index in [1.807, 2.05) is 39.0 Å². The summed E-state index contributed by atoms with van der Waals surface area (Å²) in [6.45, 7) is 7.83. The Bertz CT molecular complexity index is 1610. The summed E-state index contributed by atoms with van der Waals surface area (Å²) in [5, 5.41) is 8.69. The van der Waals surface area contributed by atoms with Crippen LogP contribution < -0.4 is 20.7 Å². The predicted octanol–water partition coefficient (Wildman–Crippen LogP) is 4.88. The van der Waals surface area contributed by atoms with Gasteiger partial charge in [-0.15, -0.1) is 0 Å². The molecule has 10 nitrogen and oxygen atoms in total. The van der Waals surface area contributed by atoms with Gasteiger partial charge in [-0.3, -0.25) is 9.59 Å². The minimum absolute atomic E-state index is 0.143. The third-order valence-corrected chi connectivity index (χ3v) is 7.19. The van der Waals surface area contributed by atoms with Gasteiger partial charge in [0.25, 0.3) is 11.8 Å². The molecule has 1 aliphatic rings. The Balaban J connectivity index is 1.30. The van der Waals surface area contributed by atoms with Crippen molar-refractivity contribution in [1.82, 2.24) is 25.5 Å². The molecule has 5 rings (SSSR count). The fourth-order valence-corrected chi connectivity index (χ4v) is 4.77. The van der Waals surface area contributed by atoms with Gasteiger partial charge in [0, 0.05) is 54.1 Å². The van der Waals surface area contributed by atoms with Crippen molar-refractivity contribution in [3.05, 3.63) is 106 Å². The number of rotatable bonds is 10. The SMILES string of the molecule is Cc1ccc(NC(=O)c2ccc(Oc3cc(C(=O)NCCc4nc[nH]c4C)ccc3CN3CCNC3=O)cc2)c(C)c1. The number of urea groups is 1. The Labute approximate surface area is 244 Å². The number of benzene rings is 3. The van der Waals surface area contributed by atoms with Gasteiger partial charge >= 0.3 is 6.03 Å². The van der Waals surface area contributed by atoms with Crippen LogP contribution in [0.15, 0.2) is 67.0 Å². The molecule has 1 fully saturated rings. The summed E-state index contributed by atoms with van der Waals surface area (Å²) >= 11 is 0. The molecule has 0 atom stereocenters. The average Bonchev–Trinajstić information content (AvgIpc) is 3.58. The molecular formula is C32H34N6O4. The topological polar surface area (TPSA) is 128 Å². The van der Waals surface area contributed by atoms with E-state index in [0.717, 1.165) is 33.8 Å². The van der Waals surface area contributed by atoms with Crippen LogP contribution in [-0.4, -0.2) is 52.3 Å². The summed E-state index contributed by atoms with van der Waals surface area (Å²) in [4.78, 5) is 47.0. The molecule has 4 N–H and O–H groups in total. The van der Waals surface area contributed by atoms with Crippen molar-refractivity contribution in [2.24, 2.45) is 0 Å². The number of nitrogens with zero attached hydrogens (tertiary/aromatic N) is 2. The lowest BCUT2D eigenvalue weighted by molar-refractivity contribution is 0.0952. The molecule has 4 aromatic rings. The highest BCUT2D eigenvalue weighted by molar-refractivity contribution is 6.04. The number of carbonyl (C=O) groups is 3. The molecule has 10 heteroatoms. The molecule has 0 bridgehead atoms. The van der Waals surface area contributed by atoms with Gasteiger partial charge in [0.2, 0.25) is 0 Å². The number of hydrogen-bond acceptors (Lipinski definition) is 5. The van der Waals surface area contributed by atoms with Crippen molar-refractivity contribution in [1.29, 1.82) is 0 Å². The first-order valence-corrected chi connectivity index (χ1v) is 13.9. The van der Waals surface area contributed by atoms with Gasteiger partial charge in [0.05, 0.1) is 18.6 Å². The number of aryl methyl sites for hydroxylation is 3. The summed E-state index contributed by atoms with van der Waals surface area (Å²) < 4.78 is 6.23. The van der Waals surface area contributed by atoms with Crippen molar-refractivity contribution < 1.29 is 19.1 Å². The highest BCUT2D eigenvalue weighted by Gasteiger charge is 2.22. The van der Waals surface area contributed by atoms with E-state index in [9.17, 15) is 14.4 Å². The molecule has 0 saturated carbocycles. The van der Waals surface area contributed by atoms with E-state index >= 15 is 0 Å². The molecule has 1 aliphatic heterocycles. The van der Waals surface area contributed by atoms with Crippen molar-refractivity contribution in [2.75, 3.05) is 25.0 Å². The maximum Gasteiger partial charge on any atom is 0.317 e. The van der Waals surface area contributed by atoms with Gasteiger partial charge in [-0.1, -0.05) is 23.8 Å². The lowest BCUT2D eigenvalue weighted by atomic mass is 10.1. The molecular weight excluding hydrogens is 532 g/mol. The van der Waals surface area contributed by atoms with Crippen LogP contribution in [0.1, 0.15) is 48.8 Å². The second-order valence-corrected chi connectivity index (χ2v) is 10.4. The highest BCUT2D eigenvalue weighted by Crippen LogP contribution is 2.29. The second kappa shape index (κ2) is 12.6. The Morgan fingerprint density at radius 3 is 2.45 bits per heavy atom. The Hall–Kier alpha value is -5.12. The van der Waals surface area contributed by atoms with E-state index < -0.39 is 0 Å². The zero-order valence-electron chi connectivity index (χ0n) is 23.9. The number of aromatic amines is 1. The molecule has 42 heavy (non-hydrogen) atoms.